The van der Waals surface area contributed by atoms with Gasteiger partial charge < -0.3 is 5.11 Å². The second kappa shape index (κ2) is 4.97. The Hall–Kier alpha value is 0.110. The van der Waals surface area contributed by atoms with E-state index < -0.39 is 10.8 Å². The average molecular weight is 190 g/mol. The highest BCUT2D eigenvalue weighted by Gasteiger charge is 2.21. The fourth-order valence-corrected chi connectivity index (χ4v) is 2.86. The maximum absolute atomic E-state index is 11.2. The van der Waals surface area contributed by atoms with Gasteiger partial charge in [-0.05, 0) is 25.2 Å². The first kappa shape index (κ1) is 10.2. The van der Waals surface area contributed by atoms with E-state index in [4.69, 9.17) is 0 Å². The molecule has 0 radical (unpaired) electrons. The van der Waals surface area contributed by atoms with Gasteiger partial charge in [-0.15, -0.1) is 0 Å². The third kappa shape index (κ3) is 3.23. The maximum atomic E-state index is 11.2. The van der Waals surface area contributed by atoms with Gasteiger partial charge in [0.1, 0.15) is 0 Å². The Morgan fingerprint density at radius 3 is 2.83 bits per heavy atom. The second-order valence-corrected chi connectivity index (χ2v) is 5.37. The van der Waals surface area contributed by atoms with Crippen LogP contribution in [0.3, 0.4) is 0 Å². The highest BCUT2D eigenvalue weighted by Crippen LogP contribution is 2.24. The topological polar surface area (TPSA) is 37.3 Å². The first-order chi connectivity index (χ1) is 5.72. The molecule has 3 unspecified atom stereocenters. The largest absolute Gasteiger partial charge is 0.393 e. The van der Waals surface area contributed by atoms with E-state index in [1.807, 2.05) is 6.92 Å². The summed E-state index contributed by atoms with van der Waals surface area (Å²) in [6.07, 6.45) is 3.94. The molecule has 72 valence electrons. The summed E-state index contributed by atoms with van der Waals surface area (Å²) in [6, 6.07) is 0. The van der Waals surface area contributed by atoms with Crippen molar-refractivity contribution in [1.82, 2.24) is 0 Å². The van der Waals surface area contributed by atoms with E-state index in [9.17, 15) is 9.32 Å². The van der Waals surface area contributed by atoms with Gasteiger partial charge in [-0.3, -0.25) is 4.21 Å². The predicted octanol–water partition coefficient (Wildman–Crippen LogP) is 1.31. The summed E-state index contributed by atoms with van der Waals surface area (Å²) < 4.78 is 11.2. The molecule has 1 fully saturated rings. The highest BCUT2D eigenvalue weighted by atomic mass is 32.2. The Bertz CT molecular complexity index is 159. The summed E-state index contributed by atoms with van der Waals surface area (Å²) >= 11 is 0. The van der Waals surface area contributed by atoms with Gasteiger partial charge >= 0.3 is 0 Å². The summed E-state index contributed by atoms with van der Waals surface area (Å²) in [5, 5.41) is 9.37. The third-order valence-electron chi connectivity index (χ3n) is 2.50. The third-order valence-corrected chi connectivity index (χ3v) is 3.99. The number of rotatable bonds is 3. The second-order valence-electron chi connectivity index (χ2n) is 3.58. The average Bonchev–Trinajstić information content (AvgIpc) is 2.04. The van der Waals surface area contributed by atoms with Crippen LogP contribution >= 0.6 is 0 Å². The van der Waals surface area contributed by atoms with Crippen LogP contribution in [0.1, 0.15) is 32.6 Å². The summed E-state index contributed by atoms with van der Waals surface area (Å²) in [6.45, 7) is 1.95. The smallest absolute Gasteiger partial charge is 0.0543 e. The first-order valence-corrected chi connectivity index (χ1v) is 6.24. The minimum absolute atomic E-state index is 0.127. The molecule has 0 saturated heterocycles. The Kier molecular flexibility index (Phi) is 4.22. The van der Waals surface area contributed by atoms with E-state index in [2.05, 4.69) is 0 Å². The van der Waals surface area contributed by atoms with Crippen LogP contribution < -0.4 is 0 Å². The van der Waals surface area contributed by atoms with Crippen LogP contribution in [0.4, 0.5) is 0 Å². The molecular formula is C9H18O2S. The minimum Gasteiger partial charge on any atom is -0.393 e. The van der Waals surface area contributed by atoms with Gasteiger partial charge in [0.2, 0.25) is 0 Å². The van der Waals surface area contributed by atoms with E-state index in [-0.39, 0.29) is 6.10 Å². The molecule has 0 aromatic heterocycles. The molecule has 0 amide bonds. The molecule has 1 N–H and O–H groups in total. The summed E-state index contributed by atoms with van der Waals surface area (Å²) in [4.78, 5) is 0. The summed E-state index contributed by atoms with van der Waals surface area (Å²) in [5.74, 6) is 2.06. The van der Waals surface area contributed by atoms with Gasteiger partial charge in [-0.2, -0.15) is 0 Å². The molecule has 0 aliphatic heterocycles. The maximum Gasteiger partial charge on any atom is 0.0543 e. The fourth-order valence-electron chi connectivity index (χ4n) is 1.79. The predicted molar refractivity (Wildman–Crippen MR) is 51.5 cm³/mol. The van der Waals surface area contributed by atoms with Crippen molar-refractivity contribution in [2.45, 2.75) is 38.7 Å². The zero-order valence-electron chi connectivity index (χ0n) is 7.66. The van der Waals surface area contributed by atoms with Crippen molar-refractivity contribution in [2.24, 2.45) is 5.92 Å². The normalized spacial score (nSPS) is 33.2. The summed E-state index contributed by atoms with van der Waals surface area (Å²) in [5.41, 5.74) is 0. The monoisotopic (exact) mass is 190 g/mol. The molecule has 0 aromatic rings. The van der Waals surface area contributed by atoms with Crippen molar-refractivity contribution in [3.63, 3.8) is 0 Å². The zero-order valence-corrected chi connectivity index (χ0v) is 8.48. The van der Waals surface area contributed by atoms with Crippen LogP contribution in [0.15, 0.2) is 0 Å². The van der Waals surface area contributed by atoms with Crippen LogP contribution in [0, 0.1) is 5.92 Å². The quantitative estimate of drug-likeness (QED) is 0.728. The molecular weight excluding hydrogens is 172 g/mol. The molecule has 1 rings (SSSR count). The lowest BCUT2D eigenvalue weighted by Crippen LogP contribution is -2.23. The van der Waals surface area contributed by atoms with Gasteiger partial charge in [-0.25, -0.2) is 0 Å². The van der Waals surface area contributed by atoms with Gasteiger partial charge in [0.25, 0.3) is 0 Å². The molecule has 2 nitrogen and oxygen atoms in total. The number of aliphatic hydroxyl groups is 1. The standard InChI is InChI=1S/C9H18O2S/c1-2-12(11)7-8-4-3-5-9(10)6-8/h8-10H,2-7H2,1H3. The molecule has 12 heavy (non-hydrogen) atoms. The SMILES string of the molecule is CCS(=O)CC1CCCC(O)C1. The van der Waals surface area contributed by atoms with Crippen LogP contribution in [0.2, 0.25) is 0 Å². The van der Waals surface area contributed by atoms with E-state index in [1.165, 1.54) is 0 Å². The first-order valence-electron chi connectivity index (χ1n) is 4.75. The minimum atomic E-state index is -0.651. The molecule has 0 heterocycles. The van der Waals surface area contributed by atoms with Crippen molar-refractivity contribution in [3.8, 4) is 0 Å². The molecule has 0 bridgehead atoms. The van der Waals surface area contributed by atoms with E-state index in [1.54, 1.807) is 0 Å². The summed E-state index contributed by atoms with van der Waals surface area (Å²) in [7, 11) is -0.651. The Morgan fingerprint density at radius 1 is 1.50 bits per heavy atom. The van der Waals surface area contributed by atoms with Crippen LogP contribution in [-0.2, 0) is 10.8 Å². The Balaban J connectivity index is 2.27. The number of aliphatic hydroxyl groups excluding tert-OH is 1. The number of hydrogen-bond acceptors (Lipinski definition) is 2. The van der Waals surface area contributed by atoms with Gasteiger partial charge in [0.15, 0.2) is 0 Å². The van der Waals surface area contributed by atoms with Gasteiger partial charge in [0, 0.05) is 22.3 Å². The van der Waals surface area contributed by atoms with Gasteiger partial charge in [0.05, 0.1) is 6.10 Å². The van der Waals surface area contributed by atoms with Gasteiger partial charge in [-0.1, -0.05) is 13.3 Å². The Morgan fingerprint density at radius 2 is 2.25 bits per heavy atom. The molecule has 1 aliphatic carbocycles. The van der Waals surface area contributed by atoms with Crippen molar-refractivity contribution in [2.75, 3.05) is 11.5 Å². The molecule has 1 saturated carbocycles. The van der Waals surface area contributed by atoms with Crippen LogP contribution in [0.25, 0.3) is 0 Å². The van der Waals surface area contributed by atoms with Crippen molar-refractivity contribution in [3.05, 3.63) is 0 Å². The van der Waals surface area contributed by atoms with E-state index in [0.717, 1.165) is 37.2 Å². The Labute approximate surface area is 76.8 Å². The van der Waals surface area contributed by atoms with E-state index in [0.29, 0.717) is 5.92 Å². The van der Waals surface area contributed by atoms with Crippen molar-refractivity contribution in [1.29, 1.82) is 0 Å². The molecule has 0 spiro atoms. The lowest BCUT2D eigenvalue weighted by molar-refractivity contribution is 0.107. The van der Waals surface area contributed by atoms with Crippen LogP contribution in [-0.4, -0.2) is 26.9 Å². The molecule has 3 atom stereocenters. The lowest BCUT2D eigenvalue weighted by Gasteiger charge is -2.25. The fraction of sp³-hybridized carbons (Fsp3) is 1.00. The lowest BCUT2D eigenvalue weighted by atomic mass is 9.89. The number of hydrogen-bond donors (Lipinski definition) is 1. The van der Waals surface area contributed by atoms with Crippen molar-refractivity contribution < 1.29 is 9.32 Å². The highest BCUT2D eigenvalue weighted by molar-refractivity contribution is 7.84. The van der Waals surface area contributed by atoms with Crippen LogP contribution in [0.5, 0.6) is 0 Å². The zero-order chi connectivity index (χ0) is 8.97. The van der Waals surface area contributed by atoms with Crippen molar-refractivity contribution >= 4 is 10.8 Å². The van der Waals surface area contributed by atoms with E-state index >= 15 is 0 Å². The molecule has 0 aromatic carbocycles. The molecule has 3 heteroatoms. The molecule has 1 aliphatic rings.